The molecule has 2 N–H and O–H groups in total. The fourth-order valence-corrected chi connectivity index (χ4v) is 3.20. The van der Waals surface area contributed by atoms with Gasteiger partial charge in [-0.25, -0.2) is 0 Å². The van der Waals surface area contributed by atoms with E-state index in [1.807, 2.05) is 55.5 Å². The van der Waals surface area contributed by atoms with Crippen LogP contribution in [0.1, 0.15) is 54.4 Å². The van der Waals surface area contributed by atoms with Gasteiger partial charge in [-0.15, -0.1) is 0 Å². The first kappa shape index (κ1) is 20.0. The topological polar surface area (TPSA) is 63.5 Å². The number of carbonyl (C=O) groups is 1. The van der Waals surface area contributed by atoms with Crippen molar-refractivity contribution in [3.05, 3.63) is 65.4 Å². The summed E-state index contributed by atoms with van der Waals surface area (Å²) in [4.78, 5) is 12.7. The molecule has 28 heavy (non-hydrogen) atoms. The molecule has 0 saturated heterocycles. The lowest BCUT2D eigenvalue weighted by atomic mass is 10.1. The van der Waals surface area contributed by atoms with Crippen LogP contribution in [0.4, 0.5) is 0 Å². The van der Waals surface area contributed by atoms with Gasteiger partial charge >= 0.3 is 0 Å². The first-order chi connectivity index (χ1) is 13.6. The first-order valence-corrected chi connectivity index (χ1v) is 9.80. The molecule has 0 radical (unpaired) electrons. The second kappa shape index (κ2) is 9.42. The summed E-state index contributed by atoms with van der Waals surface area (Å²) in [6.07, 6.45) is 2.29. The smallest absolute Gasteiger partial charge is 0.287 e. The minimum absolute atomic E-state index is 0.112. The highest BCUT2D eigenvalue weighted by Crippen LogP contribution is 2.32. The van der Waals surface area contributed by atoms with E-state index in [2.05, 4.69) is 17.6 Å². The number of ether oxygens (including phenoxy) is 1. The summed E-state index contributed by atoms with van der Waals surface area (Å²) >= 11 is 0. The number of hydrogen-bond donors (Lipinski definition) is 2. The third kappa shape index (κ3) is 4.54. The van der Waals surface area contributed by atoms with E-state index < -0.39 is 0 Å². The van der Waals surface area contributed by atoms with Crippen LogP contribution < -0.4 is 15.4 Å². The number of carbonyl (C=O) groups excluding carboxylic acids is 1. The number of unbranched alkanes of at least 4 members (excludes halogenated alkanes) is 1. The van der Waals surface area contributed by atoms with E-state index in [1.165, 1.54) is 0 Å². The molecule has 3 rings (SSSR count). The van der Waals surface area contributed by atoms with Crippen molar-refractivity contribution in [2.75, 3.05) is 13.7 Å². The van der Waals surface area contributed by atoms with Gasteiger partial charge in [0.2, 0.25) is 0 Å². The molecule has 0 bridgehead atoms. The predicted octanol–water partition coefficient (Wildman–Crippen LogP) is 4.82. The molecule has 0 fully saturated rings. The van der Waals surface area contributed by atoms with Crippen LogP contribution in [0.25, 0.3) is 11.0 Å². The van der Waals surface area contributed by atoms with Crippen molar-refractivity contribution >= 4 is 16.9 Å². The lowest BCUT2D eigenvalue weighted by Crippen LogP contribution is -2.26. The van der Waals surface area contributed by atoms with Crippen molar-refractivity contribution in [1.82, 2.24) is 10.6 Å². The molecule has 0 spiro atoms. The molecule has 148 valence electrons. The SMILES string of the molecule is CCCCNCc1ccc(OC)c2oc(C(=O)N[C@@H](C)c3ccccc3)cc12. The molecule has 2 aromatic carbocycles. The van der Waals surface area contributed by atoms with Crippen LogP contribution in [-0.2, 0) is 6.54 Å². The zero-order valence-electron chi connectivity index (χ0n) is 16.7. The Morgan fingerprint density at radius 3 is 2.68 bits per heavy atom. The third-order valence-electron chi connectivity index (χ3n) is 4.85. The van der Waals surface area contributed by atoms with Gasteiger partial charge in [-0.3, -0.25) is 4.79 Å². The van der Waals surface area contributed by atoms with Gasteiger partial charge in [-0.2, -0.15) is 0 Å². The Morgan fingerprint density at radius 1 is 1.18 bits per heavy atom. The summed E-state index contributed by atoms with van der Waals surface area (Å²) in [6.45, 7) is 5.82. The van der Waals surface area contributed by atoms with Gasteiger partial charge in [0.1, 0.15) is 0 Å². The second-order valence-corrected chi connectivity index (χ2v) is 6.92. The van der Waals surface area contributed by atoms with Gasteiger partial charge in [0.25, 0.3) is 5.91 Å². The summed E-state index contributed by atoms with van der Waals surface area (Å²) in [7, 11) is 1.60. The minimum atomic E-state index is -0.237. The molecule has 1 amide bonds. The fourth-order valence-electron chi connectivity index (χ4n) is 3.20. The number of nitrogens with one attached hydrogen (secondary N) is 2. The van der Waals surface area contributed by atoms with Gasteiger partial charge in [-0.05, 0) is 43.1 Å². The molecule has 1 aromatic heterocycles. The van der Waals surface area contributed by atoms with Gasteiger partial charge in [0.15, 0.2) is 17.1 Å². The van der Waals surface area contributed by atoms with Gasteiger partial charge in [0, 0.05) is 11.9 Å². The van der Waals surface area contributed by atoms with E-state index in [9.17, 15) is 4.79 Å². The number of methoxy groups -OCH3 is 1. The van der Waals surface area contributed by atoms with Crippen LogP contribution in [0.2, 0.25) is 0 Å². The quantitative estimate of drug-likeness (QED) is 0.522. The van der Waals surface area contributed by atoms with E-state index in [1.54, 1.807) is 7.11 Å². The molecule has 0 aliphatic carbocycles. The lowest BCUT2D eigenvalue weighted by Gasteiger charge is -2.12. The Kier molecular flexibility index (Phi) is 6.71. The Labute approximate surface area is 166 Å². The standard InChI is InChI=1S/C23H28N2O3/c1-4-5-13-24-15-18-11-12-20(27-3)22-19(18)14-21(28-22)23(26)25-16(2)17-9-7-6-8-10-17/h6-12,14,16,24H,4-5,13,15H2,1-3H3,(H,25,26)/t16-/m0/s1. The molecule has 5 nitrogen and oxygen atoms in total. The molecular formula is C23H28N2O3. The molecule has 0 unspecified atom stereocenters. The number of furan rings is 1. The van der Waals surface area contributed by atoms with Crippen LogP contribution in [0, 0.1) is 0 Å². The number of hydrogen-bond acceptors (Lipinski definition) is 4. The van der Waals surface area contributed by atoms with Crippen LogP contribution in [-0.4, -0.2) is 19.6 Å². The van der Waals surface area contributed by atoms with Gasteiger partial charge in [0.05, 0.1) is 13.2 Å². The monoisotopic (exact) mass is 380 g/mol. The molecule has 0 saturated carbocycles. The van der Waals surface area contributed by atoms with Crippen molar-refractivity contribution in [2.24, 2.45) is 0 Å². The molecular weight excluding hydrogens is 352 g/mol. The molecule has 1 atom stereocenters. The first-order valence-electron chi connectivity index (χ1n) is 9.80. The maximum Gasteiger partial charge on any atom is 0.287 e. The highest BCUT2D eigenvalue weighted by molar-refractivity contribution is 5.98. The predicted molar refractivity (Wildman–Crippen MR) is 112 cm³/mol. The van der Waals surface area contributed by atoms with Crippen molar-refractivity contribution in [1.29, 1.82) is 0 Å². The van der Waals surface area contributed by atoms with Crippen LogP contribution in [0.15, 0.2) is 52.9 Å². The Bertz CT molecular complexity index is 918. The number of rotatable bonds is 9. The molecule has 0 aliphatic heterocycles. The van der Waals surface area contributed by atoms with E-state index in [-0.39, 0.29) is 17.7 Å². The third-order valence-corrected chi connectivity index (χ3v) is 4.85. The molecule has 5 heteroatoms. The molecule has 3 aromatic rings. The molecule has 1 heterocycles. The van der Waals surface area contributed by atoms with E-state index in [4.69, 9.17) is 9.15 Å². The van der Waals surface area contributed by atoms with Crippen molar-refractivity contribution in [2.45, 2.75) is 39.3 Å². The van der Waals surface area contributed by atoms with Gasteiger partial charge in [-0.1, -0.05) is 49.7 Å². The second-order valence-electron chi connectivity index (χ2n) is 6.92. The van der Waals surface area contributed by atoms with E-state index >= 15 is 0 Å². The number of amides is 1. The van der Waals surface area contributed by atoms with Gasteiger partial charge < -0.3 is 19.8 Å². The van der Waals surface area contributed by atoms with Crippen molar-refractivity contribution in [3.63, 3.8) is 0 Å². The lowest BCUT2D eigenvalue weighted by molar-refractivity contribution is 0.0914. The Balaban J connectivity index is 1.82. The Morgan fingerprint density at radius 2 is 1.96 bits per heavy atom. The number of benzene rings is 2. The average molecular weight is 380 g/mol. The zero-order valence-corrected chi connectivity index (χ0v) is 16.7. The van der Waals surface area contributed by atoms with E-state index in [0.717, 1.165) is 42.4 Å². The van der Waals surface area contributed by atoms with E-state index in [0.29, 0.717) is 11.3 Å². The van der Waals surface area contributed by atoms with Crippen molar-refractivity contribution < 1.29 is 13.9 Å². The van der Waals surface area contributed by atoms with Crippen LogP contribution >= 0.6 is 0 Å². The summed E-state index contributed by atoms with van der Waals surface area (Å²) in [6, 6.07) is 15.5. The van der Waals surface area contributed by atoms with Crippen molar-refractivity contribution in [3.8, 4) is 5.75 Å². The molecule has 0 aliphatic rings. The summed E-state index contributed by atoms with van der Waals surface area (Å²) in [5.74, 6) is 0.680. The summed E-state index contributed by atoms with van der Waals surface area (Å²) < 4.78 is 11.3. The average Bonchev–Trinajstić information content (AvgIpc) is 3.18. The maximum atomic E-state index is 12.7. The maximum absolute atomic E-state index is 12.7. The summed E-state index contributed by atoms with van der Waals surface area (Å²) in [5.41, 5.74) is 2.74. The minimum Gasteiger partial charge on any atom is -0.493 e. The number of fused-ring (bicyclic) bond motifs is 1. The zero-order chi connectivity index (χ0) is 19.9. The highest BCUT2D eigenvalue weighted by atomic mass is 16.5. The summed E-state index contributed by atoms with van der Waals surface area (Å²) in [5, 5.41) is 7.35. The normalized spacial score (nSPS) is 12.1. The Hall–Kier alpha value is -2.79. The van der Waals surface area contributed by atoms with Crippen LogP contribution in [0.5, 0.6) is 5.75 Å². The fraction of sp³-hybridized carbons (Fsp3) is 0.348. The largest absolute Gasteiger partial charge is 0.493 e. The van der Waals surface area contributed by atoms with Crippen LogP contribution in [0.3, 0.4) is 0 Å². The highest BCUT2D eigenvalue weighted by Gasteiger charge is 2.19.